The van der Waals surface area contributed by atoms with E-state index < -0.39 is 5.97 Å². The molecule has 0 spiro atoms. The number of thiazole rings is 1. The number of hydrogen-bond acceptors (Lipinski definition) is 5. The third-order valence-electron chi connectivity index (χ3n) is 3.90. The van der Waals surface area contributed by atoms with Crippen LogP contribution in [0, 0.1) is 6.92 Å². The van der Waals surface area contributed by atoms with Crippen LogP contribution in [0.3, 0.4) is 0 Å². The second-order valence-corrected chi connectivity index (χ2v) is 6.75. The third-order valence-corrected chi connectivity index (χ3v) is 5.07. The highest BCUT2D eigenvalue weighted by Gasteiger charge is 2.16. The van der Waals surface area contributed by atoms with E-state index in [0.717, 1.165) is 22.6 Å². The van der Waals surface area contributed by atoms with Gasteiger partial charge in [-0.2, -0.15) is 10.2 Å². The van der Waals surface area contributed by atoms with E-state index in [1.165, 1.54) is 0 Å². The minimum absolute atomic E-state index is 0.253. The first-order chi connectivity index (χ1) is 12.6. The van der Waals surface area contributed by atoms with Crippen molar-refractivity contribution in [1.29, 1.82) is 0 Å². The van der Waals surface area contributed by atoms with Gasteiger partial charge in [0, 0.05) is 18.6 Å². The number of aryl methyl sites for hydroxylation is 1. The summed E-state index contributed by atoms with van der Waals surface area (Å²) in [7, 11) is 0. The van der Waals surface area contributed by atoms with Crippen LogP contribution in [0.1, 0.15) is 20.9 Å². The maximum atomic E-state index is 11.2. The van der Waals surface area contributed by atoms with E-state index in [-0.39, 0.29) is 4.88 Å². The Kier molecular flexibility index (Phi) is 4.10. The van der Waals surface area contributed by atoms with Gasteiger partial charge >= 0.3 is 5.97 Å². The zero-order valence-electron chi connectivity index (χ0n) is 13.9. The Morgan fingerprint density at radius 3 is 2.65 bits per heavy atom. The molecule has 0 fully saturated rings. The van der Waals surface area contributed by atoms with Crippen molar-refractivity contribution >= 4 is 17.3 Å². The number of benzene rings is 1. The van der Waals surface area contributed by atoms with Crippen LogP contribution in [0.25, 0.3) is 16.4 Å². The monoisotopic (exact) mass is 365 g/mol. The van der Waals surface area contributed by atoms with Gasteiger partial charge in [0.25, 0.3) is 0 Å². The quantitative estimate of drug-likeness (QED) is 0.587. The molecule has 0 unspecified atom stereocenters. The average Bonchev–Trinajstić information content (AvgIpc) is 3.35. The fraction of sp³-hybridized carbons (Fsp3) is 0.111. The highest BCUT2D eigenvalue weighted by molar-refractivity contribution is 7.17. The van der Waals surface area contributed by atoms with Crippen LogP contribution in [0.2, 0.25) is 0 Å². The second kappa shape index (κ2) is 6.57. The smallest absolute Gasteiger partial charge is 0.347 e. The molecule has 0 aliphatic rings. The van der Waals surface area contributed by atoms with Crippen LogP contribution in [0.15, 0.2) is 55.0 Å². The lowest BCUT2D eigenvalue weighted by atomic mass is 10.2. The number of nitrogens with zero attached hydrogens (tertiary/aromatic N) is 5. The van der Waals surface area contributed by atoms with Crippen LogP contribution >= 0.6 is 11.3 Å². The van der Waals surface area contributed by atoms with E-state index in [1.807, 2.05) is 53.5 Å². The topological polar surface area (TPSA) is 85.8 Å². The Balaban J connectivity index is 1.52. The lowest BCUT2D eigenvalue weighted by molar-refractivity contribution is 0.0701. The summed E-state index contributed by atoms with van der Waals surface area (Å²) in [4.78, 5) is 15.7. The van der Waals surface area contributed by atoms with Crippen molar-refractivity contribution in [2.24, 2.45) is 0 Å². The first-order valence-corrected chi connectivity index (χ1v) is 8.75. The molecule has 0 radical (unpaired) electrons. The average molecular weight is 365 g/mol. The van der Waals surface area contributed by atoms with Crippen molar-refractivity contribution in [3.05, 3.63) is 71.1 Å². The molecule has 4 rings (SSSR count). The van der Waals surface area contributed by atoms with Crippen molar-refractivity contribution in [2.45, 2.75) is 13.5 Å². The minimum atomic E-state index is -0.956. The van der Waals surface area contributed by atoms with Gasteiger partial charge in [0.15, 0.2) is 0 Å². The summed E-state index contributed by atoms with van der Waals surface area (Å²) in [6, 6.07) is 11.8. The molecule has 0 aliphatic heterocycles. The van der Waals surface area contributed by atoms with Gasteiger partial charge in [-0.25, -0.2) is 14.5 Å². The van der Waals surface area contributed by atoms with Crippen molar-refractivity contribution in [1.82, 2.24) is 24.5 Å². The van der Waals surface area contributed by atoms with E-state index in [9.17, 15) is 4.79 Å². The van der Waals surface area contributed by atoms with Gasteiger partial charge in [-0.15, -0.1) is 11.3 Å². The number of carboxylic acid groups (broad SMARTS) is 1. The minimum Gasteiger partial charge on any atom is -0.477 e. The SMILES string of the molecule is Cc1nc(-c2ccn(Cc3ccc(-n4cccn4)cc3)n2)sc1C(=O)O. The van der Waals surface area contributed by atoms with Crippen LogP contribution < -0.4 is 0 Å². The van der Waals surface area contributed by atoms with Crippen molar-refractivity contribution < 1.29 is 9.90 Å². The molecule has 130 valence electrons. The first-order valence-electron chi connectivity index (χ1n) is 7.93. The largest absolute Gasteiger partial charge is 0.477 e. The predicted molar refractivity (Wildman–Crippen MR) is 97.7 cm³/mol. The van der Waals surface area contributed by atoms with Gasteiger partial charge in [0.2, 0.25) is 0 Å². The maximum absolute atomic E-state index is 11.2. The third kappa shape index (κ3) is 3.14. The normalized spacial score (nSPS) is 11.0. The maximum Gasteiger partial charge on any atom is 0.347 e. The summed E-state index contributed by atoms with van der Waals surface area (Å²) < 4.78 is 3.62. The van der Waals surface area contributed by atoms with E-state index >= 15 is 0 Å². The summed E-state index contributed by atoms with van der Waals surface area (Å²) in [6.45, 7) is 2.32. The second-order valence-electron chi connectivity index (χ2n) is 5.75. The first kappa shape index (κ1) is 16.2. The van der Waals surface area contributed by atoms with Crippen LogP contribution in [0.4, 0.5) is 0 Å². The molecule has 3 heterocycles. The van der Waals surface area contributed by atoms with Crippen molar-refractivity contribution in [3.8, 4) is 16.4 Å². The molecule has 3 aromatic heterocycles. The van der Waals surface area contributed by atoms with E-state index in [2.05, 4.69) is 15.2 Å². The molecule has 0 amide bonds. The summed E-state index contributed by atoms with van der Waals surface area (Å²) >= 11 is 1.14. The van der Waals surface area contributed by atoms with Crippen LogP contribution in [0.5, 0.6) is 0 Å². The number of carbonyl (C=O) groups is 1. The van der Waals surface area contributed by atoms with Gasteiger partial charge in [-0.05, 0) is 36.8 Å². The Morgan fingerprint density at radius 2 is 2.00 bits per heavy atom. The van der Waals surface area contributed by atoms with Gasteiger partial charge < -0.3 is 5.11 Å². The fourth-order valence-electron chi connectivity index (χ4n) is 2.63. The summed E-state index contributed by atoms with van der Waals surface area (Å²) in [5, 5.41) is 18.5. The van der Waals surface area contributed by atoms with Crippen LogP contribution in [-0.2, 0) is 6.54 Å². The molecular formula is C18H15N5O2S. The predicted octanol–water partition coefficient (Wildman–Crippen LogP) is 3.25. The van der Waals surface area contributed by atoms with Gasteiger partial charge in [-0.3, -0.25) is 4.68 Å². The molecule has 0 aliphatic carbocycles. The van der Waals surface area contributed by atoms with Gasteiger partial charge in [0.1, 0.15) is 15.6 Å². The van der Waals surface area contributed by atoms with Crippen molar-refractivity contribution in [3.63, 3.8) is 0 Å². The summed E-state index contributed by atoms with van der Waals surface area (Å²) in [5.74, 6) is -0.956. The molecule has 4 aromatic rings. The van der Waals surface area contributed by atoms with Crippen molar-refractivity contribution in [2.75, 3.05) is 0 Å². The standard InChI is InChI=1S/C18H15N5O2S/c1-12-16(18(24)25)26-17(20-12)15-7-10-22(21-15)11-13-3-5-14(6-4-13)23-9-2-8-19-23/h2-10H,11H2,1H3,(H,24,25). The van der Waals surface area contributed by atoms with Gasteiger partial charge in [-0.1, -0.05) is 12.1 Å². The Labute approximate surface area is 153 Å². The molecule has 26 heavy (non-hydrogen) atoms. The molecule has 0 saturated carbocycles. The molecule has 8 heteroatoms. The zero-order valence-corrected chi connectivity index (χ0v) is 14.7. The lowest BCUT2D eigenvalue weighted by Gasteiger charge is -2.05. The Morgan fingerprint density at radius 1 is 1.19 bits per heavy atom. The molecule has 0 atom stereocenters. The Hall–Kier alpha value is -3.26. The fourth-order valence-corrected chi connectivity index (χ4v) is 3.50. The molecule has 1 N–H and O–H groups in total. The van der Waals surface area contributed by atoms with Crippen LogP contribution in [-0.4, -0.2) is 35.6 Å². The molecule has 7 nitrogen and oxygen atoms in total. The lowest BCUT2D eigenvalue weighted by Crippen LogP contribution is -2.01. The Bertz CT molecular complexity index is 1050. The summed E-state index contributed by atoms with van der Waals surface area (Å²) in [6.07, 6.45) is 5.51. The van der Waals surface area contributed by atoms with E-state index in [4.69, 9.17) is 5.11 Å². The highest BCUT2D eigenvalue weighted by atomic mass is 32.1. The number of rotatable bonds is 5. The molecule has 0 bridgehead atoms. The van der Waals surface area contributed by atoms with E-state index in [0.29, 0.717) is 22.9 Å². The highest BCUT2D eigenvalue weighted by Crippen LogP contribution is 2.26. The summed E-state index contributed by atoms with van der Waals surface area (Å²) in [5.41, 5.74) is 3.30. The number of hydrogen-bond donors (Lipinski definition) is 1. The van der Waals surface area contributed by atoms with E-state index in [1.54, 1.807) is 17.8 Å². The zero-order chi connectivity index (χ0) is 18.1. The number of aromatic nitrogens is 5. The molecule has 1 aromatic carbocycles. The molecule has 0 saturated heterocycles. The number of carboxylic acids is 1. The number of aromatic carboxylic acids is 1. The molecular weight excluding hydrogens is 350 g/mol. The van der Waals surface area contributed by atoms with Gasteiger partial charge in [0.05, 0.1) is 17.9 Å².